The third-order valence-electron chi connectivity index (χ3n) is 6.30. The van der Waals surface area contributed by atoms with Gasteiger partial charge in [0.2, 0.25) is 11.8 Å². The summed E-state index contributed by atoms with van der Waals surface area (Å²) in [5.74, 6) is 0.624. The molecule has 0 unspecified atom stereocenters. The Hall–Kier alpha value is -3.24. The van der Waals surface area contributed by atoms with E-state index >= 15 is 0 Å². The second-order valence-corrected chi connectivity index (χ2v) is 9.79. The minimum Gasteiger partial charge on any atom is -0.497 e. The Morgan fingerprint density at radius 1 is 1.00 bits per heavy atom. The van der Waals surface area contributed by atoms with Crippen molar-refractivity contribution in [1.29, 1.82) is 0 Å². The fourth-order valence-electron chi connectivity index (χ4n) is 4.58. The van der Waals surface area contributed by atoms with Crippen LogP contribution in [0.5, 0.6) is 11.5 Å². The van der Waals surface area contributed by atoms with Crippen LogP contribution in [0.25, 0.3) is 0 Å². The van der Waals surface area contributed by atoms with Crippen LogP contribution in [-0.2, 0) is 19.1 Å². The Balaban J connectivity index is 1.85. The monoisotopic (exact) mass is 514 g/mol. The molecule has 2 aliphatic rings. The van der Waals surface area contributed by atoms with Gasteiger partial charge in [0.15, 0.2) is 0 Å². The molecule has 2 atom stereocenters. The van der Waals surface area contributed by atoms with Crippen LogP contribution < -0.4 is 9.47 Å². The number of methoxy groups -OCH3 is 2. The molecule has 0 saturated carbocycles. The SMILES string of the molecule is CCOC(=O)N1C(=O)C[C@](Sc2ccc(OC)cc2)(C(=O)N2CCOCC2)[C@H]1c1ccc(OC)cc1. The number of hydrogen-bond donors (Lipinski definition) is 0. The first-order chi connectivity index (χ1) is 17.4. The lowest BCUT2D eigenvalue weighted by atomic mass is 9.91. The number of rotatable bonds is 7. The maximum Gasteiger partial charge on any atom is 0.417 e. The quantitative estimate of drug-likeness (QED) is 0.554. The van der Waals surface area contributed by atoms with Crippen molar-refractivity contribution in [2.75, 3.05) is 47.1 Å². The summed E-state index contributed by atoms with van der Waals surface area (Å²) in [6, 6.07) is 13.5. The molecule has 2 aliphatic heterocycles. The smallest absolute Gasteiger partial charge is 0.417 e. The van der Waals surface area contributed by atoms with E-state index in [1.165, 1.54) is 11.8 Å². The van der Waals surface area contributed by atoms with Crippen molar-refractivity contribution in [2.24, 2.45) is 0 Å². The first-order valence-electron chi connectivity index (χ1n) is 11.8. The number of nitrogens with zero attached hydrogens (tertiary/aromatic N) is 2. The fourth-order valence-corrected chi connectivity index (χ4v) is 6.04. The van der Waals surface area contributed by atoms with E-state index < -0.39 is 22.8 Å². The highest BCUT2D eigenvalue weighted by molar-refractivity contribution is 8.01. The molecule has 0 N–H and O–H groups in total. The van der Waals surface area contributed by atoms with Crippen molar-refractivity contribution in [2.45, 2.75) is 29.0 Å². The third-order valence-corrected chi connectivity index (χ3v) is 7.71. The summed E-state index contributed by atoms with van der Waals surface area (Å²) in [4.78, 5) is 44.4. The van der Waals surface area contributed by atoms with Gasteiger partial charge in [0.1, 0.15) is 16.2 Å². The van der Waals surface area contributed by atoms with Crippen molar-refractivity contribution in [3.63, 3.8) is 0 Å². The molecule has 0 spiro atoms. The molecule has 192 valence electrons. The first-order valence-corrected chi connectivity index (χ1v) is 12.6. The molecular weight excluding hydrogens is 484 g/mol. The van der Waals surface area contributed by atoms with E-state index in [0.717, 1.165) is 9.80 Å². The van der Waals surface area contributed by atoms with Gasteiger partial charge in [-0.05, 0) is 48.9 Å². The van der Waals surface area contributed by atoms with Gasteiger partial charge in [-0.3, -0.25) is 9.59 Å². The minimum atomic E-state index is -1.32. The van der Waals surface area contributed by atoms with Crippen molar-refractivity contribution in [3.05, 3.63) is 54.1 Å². The molecule has 2 aromatic rings. The van der Waals surface area contributed by atoms with E-state index in [0.29, 0.717) is 43.4 Å². The Morgan fingerprint density at radius 2 is 1.58 bits per heavy atom. The normalized spacial score (nSPS) is 21.9. The van der Waals surface area contributed by atoms with Crippen LogP contribution in [0.1, 0.15) is 24.9 Å². The number of ether oxygens (including phenoxy) is 4. The predicted octanol–water partition coefficient (Wildman–Crippen LogP) is 3.52. The summed E-state index contributed by atoms with van der Waals surface area (Å²) in [6.45, 7) is 3.43. The molecule has 0 radical (unpaired) electrons. The third kappa shape index (κ3) is 5.01. The summed E-state index contributed by atoms with van der Waals surface area (Å²) in [7, 11) is 3.14. The summed E-state index contributed by atoms with van der Waals surface area (Å²) in [5.41, 5.74) is 0.636. The highest BCUT2D eigenvalue weighted by atomic mass is 32.2. The average molecular weight is 515 g/mol. The zero-order chi connectivity index (χ0) is 25.7. The molecule has 10 heteroatoms. The molecule has 2 aromatic carbocycles. The number of thioether (sulfide) groups is 1. The van der Waals surface area contributed by atoms with Crippen LogP contribution in [0.15, 0.2) is 53.4 Å². The van der Waals surface area contributed by atoms with Crippen molar-refractivity contribution < 1.29 is 33.3 Å². The van der Waals surface area contributed by atoms with Crippen LogP contribution in [0.2, 0.25) is 0 Å². The number of carbonyl (C=O) groups is 3. The van der Waals surface area contributed by atoms with Gasteiger partial charge in [-0.2, -0.15) is 0 Å². The summed E-state index contributed by atoms with van der Waals surface area (Å²) in [6.07, 6.45) is -0.926. The highest BCUT2D eigenvalue weighted by Gasteiger charge is 2.61. The van der Waals surface area contributed by atoms with Gasteiger partial charge in [0.05, 0.1) is 46.5 Å². The topological polar surface area (TPSA) is 94.6 Å². The molecule has 0 bridgehead atoms. The van der Waals surface area contributed by atoms with Crippen LogP contribution in [0, 0.1) is 0 Å². The standard InChI is InChI=1S/C26H30N2O7S/c1-4-35-25(31)28-22(29)17-26(24(30)27-13-15-34-16-14-27,36-21-11-9-20(33-3)10-12-21)23(28)18-5-7-19(32-2)8-6-18/h5-12,23H,4,13-17H2,1-3H3/t23-,26-/m1/s1. The number of morpholine rings is 1. The number of carbonyl (C=O) groups excluding carboxylic acids is 3. The largest absolute Gasteiger partial charge is 0.497 e. The van der Waals surface area contributed by atoms with Crippen molar-refractivity contribution >= 4 is 29.7 Å². The summed E-state index contributed by atoms with van der Waals surface area (Å²) < 4.78 is 20.0. The molecule has 9 nitrogen and oxygen atoms in total. The molecule has 0 aromatic heterocycles. The van der Waals surface area contributed by atoms with E-state index in [1.54, 1.807) is 62.4 Å². The Kier molecular flexibility index (Phi) is 8.05. The lowest BCUT2D eigenvalue weighted by Gasteiger charge is -2.40. The Labute approximate surface area is 214 Å². The van der Waals surface area contributed by atoms with E-state index in [-0.39, 0.29) is 18.9 Å². The number of likely N-dealkylation sites (tertiary alicyclic amines) is 1. The second-order valence-electron chi connectivity index (χ2n) is 8.39. The molecule has 36 heavy (non-hydrogen) atoms. The molecule has 2 heterocycles. The fraction of sp³-hybridized carbons (Fsp3) is 0.423. The van der Waals surface area contributed by atoms with Gasteiger partial charge in [0, 0.05) is 18.0 Å². The van der Waals surface area contributed by atoms with E-state index in [4.69, 9.17) is 18.9 Å². The van der Waals surface area contributed by atoms with Gasteiger partial charge in [-0.15, -0.1) is 11.8 Å². The number of hydrogen-bond acceptors (Lipinski definition) is 8. The lowest BCUT2D eigenvalue weighted by molar-refractivity contribution is -0.138. The molecule has 4 rings (SSSR count). The van der Waals surface area contributed by atoms with Crippen LogP contribution in [-0.4, -0.2) is 79.6 Å². The zero-order valence-electron chi connectivity index (χ0n) is 20.6. The molecule has 2 saturated heterocycles. The maximum atomic E-state index is 14.3. The van der Waals surface area contributed by atoms with Crippen LogP contribution in [0.4, 0.5) is 4.79 Å². The van der Waals surface area contributed by atoms with Crippen molar-refractivity contribution in [3.8, 4) is 11.5 Å². The van der Waals surface area contributed by atoms with E-state index in [1.807, 2.05) is 12.1 Å². The molecular formula is C26H30N2O7S. The van der Waals surface area contributed by atoms with Crippen molar-refractivity contribution in [1.82, 2.24) is 9.80 Å². The zero-order valence-corrected chi connectivity index (χ0v) is 21.4. The maximum absolute atomic E-state index is 14.3. The second kappa shape index (κ2) is 11.2. The number of imide groups is 1. The Morgan fingerprint density at radius 3 is 2.14 bits per heavy atom. The number of benzene rings is 2. The van der Waals surface area contributed by atoms with E-state index in [2.05, 4.69) is 0 Å². The van der Waals surface area contributed by atoms with Gasteiger partial charge in [-0.1, -0.05) is 12.1 Å². The molecule has 0 aliphatic carbocycles. The highest BCUT2D eigenvalue weighted by Crippen LogP contribution is 2.54. The van der Waals surface area contributed by atoms with Crippen LogP contribution in [0.3, 0.4) is 0 Å². The van der Waals surface area contributed by atoms with Crippen LogP contribution >= 0.6 is 11.8 Å². The van der Waals surface area contributed by atoms with Gasteiger partial charge in [-0.25, -0.2) is 9.69 Å². The van der Waals surface area contributed by atoms with E-state index in [9.17, 15) is 14.4 Å². The molecule has 3 amide bonds. The van der Waals surface area contributed by atoms with Gasteiger partial charge in [0.25, 0.3) is 0 Å². The average Bonchev–Trinajstić information content (AvgIpc) is 3.21. The summed E-state index contributed by atoms with van der Waals surface area (Å²) >= 11 is 1.29. The predicted molar refractivity (Wildman–Crippen MR) is 133 cm³/mol. The van der Waals surface area contributed by atoms with Gasteiger partial charge >= 0.3 is 6.09 Å². The summed E-state index contributed by atoms with van der Waals surface area (Å²) in [5, 5.41) is 0. The lowest BCUT2D eigenvalue weighted by Crippen LogP contribution is -2.53. The van der Waals surface area contributed by atoms with Gasteiger partial charge < -0.3 is 23.8 Å². The minimum absolute atomic E-state index is 0.105. The molecule has 2 fully saturated rings. The first kappa shape index (κ1) is 25.8. The Bertz CT molecular complexity index is 1090. The number of amides is 3.